The second-order valence-electron chi connectivity index (χ2n) is 9.95. The Balaban J connectivity index is 2.79. The maximum Gasteiger partial charge on any atom is 0.123 e. The van der Waals surface area contributed by atoms with Crippen molar-refractivity contribution in [1.29, 1.82) is 0 Å². The Morgan fingerprint density at radius 2 is 1.73 bits per heavy atom. The molecule has 1 nitrogen and oxygen atoms in total. The summed E-state index contributed by atoms with van der Waals surface area (Å²) in [5.41, 5.74) is 2.85. The lowest BCUT2D eigenvalue weighted by Crippen LogP contribution is -2.46. The zero-order chi connectivity index (χ0) is 19.8. The molecule has 142 valence electrons. The number of rotatable bonds is 5. The molecule has 0 unspecified atom stereocenters. The molecule has 0 saturated heterocycles. The average Bonchev–Trinajstić information content (AvgIpc) is 3.05. The Hall–Kier alpha value is -1.54. The van der Waals surface area contributed by atoms with Gasteiger partial charge in [0.15, 0.2) is 0 Å². The van der Waals surface area contributed by atoms with Gasteiger partial charge < -0.3 is 4.74 Å². The lowest BCUT2D eigenvalue weighted by atomic mass is 9.80. The van der Waals surface area contributed by atoms with Crippen molar-refractivity contribution in [3.05, 3.63) is 59.3 Å². The zero-order valence-corrected chi connectivity index (χ0v) is 19.0. The monoisotopic (exact) mass is 368 g/mol. The van der Waals surface area contributed by atoms with Crippen molar-refractivity contribution in [3.63, 3.8) is 0 Å². The molecule has 2 heteroatoms. The average molecular weight is 369 g/mol. The van der Waals surface area contributed by atoms with Gasteiger partial charge in [-0.25, -0.2) is 0 Å². The minimum absolute atomic E-state index is 0.0271. The summed E-state index contributed by atoms with van der Waals surface area (Å²) in [5, 5.41) is 3.00. The van der Waals surface area contributed by atoms with Crippen LogP contribution in [0.4, 0.5) is 0 Å². The lowest BCUT2D eigenvalue weighted by molar-refractivity contribution is 0.353. The van der Waals surface area contributed by atoms with E-state index in [1.54, 1.807) is 5.20 Å². The maximum atomic E-state index is 6.33. The summed E-state index contributed by atoms with van der Waals surface area (Å²) in [6, 6.07) is 4.80. The highest BCUT2D eigenvalue weighted by molar-refractivity contribution is 6.96. The molecule has 0 spiro atoms. The van der Waals surface area contributed by atoms with Crippen LogP contribution in [-0.2, 0) is 10.8 Å². The van der Waals surface area contributed by atoms with Crippen molar-refractivity contribution in [2.75, 3.05) is 6.61 Å². The van der Waals surface area contributed by atoms with Gasteiger partial charge in [0.2, 0.25) is 0 Å². The second kappa shape index (κ2) is 7.23. The van der Waals surface area contributed by atoms with Crippen molar-refractivity contribution < 1.29 is 4.74 Å². The van der Waals surface area contributed by atoms with Crippen molar-refractivity contribution >= 4 is 13.3 Å². The quantitative estimate of drug-likeness (QED) is 0.445. The lowest BCUT2D eigenvalue weighted by Gasteiger charge is -2.34. The van der Waals surface area contributed by atoms with Crippen LogP contribution in [0.25, 0.3) is 0 Å². The maximum absolute atomic E-state index is 6.33. The highest BCUT2D eigenvalue weighted by Crippen LogP contribution is 2.37. The molecule has 0 fully saturated rings. The molecule has 0 saturated carbocycles. The molecule has 1 aliphatic rings. The zero-order valence-electron chi connectivity index (χ0n) is 18.0. The van der Waals surface area contributed by atoms with Crippen molar-refractivity contribution in [1.82, 2.24) is 0 Å². The molecule has 0 amide bonds. The van der Waals surface area contributed by atoms with Crippen molar-refractivity contribution in [2.45, 2.75) is 71.9 Å². The Kier molecular flexibility index (Phi) is 5.77. The summed E-state index contributed by atoms with van der Waals surface area (Å²) in [4.78, 5) is 0. The normalized spacial score (nSPS) is 15.2. The van der Waals surface area contributed by atoms with E-state index in [0.717, 1.165) is 12.2 Å². The van der Waals surface area contributed by atoms with E-state index in [4.69, 9.17) is 4.74 Å². The van der Waals surface area contributed by atoms with Gasteiger partial charge in [-0.3, -0.25) is 0 Å². The van der Waals surface area contributed by atoms with E-state index >= 15 is 0 Å². The van der Waals surface area contributed by atoms with E-state index in [-0.39, 0.29) is 10.8 Å². The summed E-state index contributed by atoms with van der Waals surface area (Å²) in [5.74, 6) is 1.09. The van der Waals surface area contributed by atoms with Gasteiger partial charge in [0, 0.05) is 0 Å². The molecule has 0 N–H and O–H groups in total. The summed E-state index contributed by atoms with van der Waals surface area (Å²) in [6.45, 7) is 23.1. The van der Waals surface area contributed by atoms with Gasteiger partial charge in [-0.1, -0.05) is 103 Å². The predicted octanol–water partition coefficient (Wildman–Crippen LogP) is 6.19. The van der Waals surface area contributed by atoms with Gasteiger partial charge in [-0.15, -0.1) is 0 Å². The summed E-state index contributed by atoms with van der Waals surface area (Å²) >= 11 is 0. The first-order valence-electron chi connectivity index (χ1n) is 9.68. The van der Waals surface area contributed by atoms with Crippen molar-refractivity contribution in [2.24, 2.45) is 0 Å². The molecule has 0 atom stereocenters. The molecule has 0 radical (unpaired) electrons. The Morgan fingerprint density at radius 3 is 2.19 bits per heavy atom. The molecule has 2 rings (SSSR count). The smallest absolute Gasteiger partial charge is 0.123 e. The van der Waals surface area contributed by atoms with Crippen LogP contribution in [0, 0.1) is 0 Å². The van der Waals surface area contributed by atoms with Crippen LogP contribution in [0.15, 0.2) is 48.2 Å². The molecular weight excluding hydrogens is 332 g/mol. The van der Waals surface area contributed by atoms with Gasteiger partial charge in [0.1, 0.15) is 20.4 Å². The first kappa shape index (κ1) is 20.8. The molecule has 0 heterocycles. The summed E-state index contributed by atoms with van der Waals surface area (Å²) in [6.07, 6.45) is 9.72. The van der Waals surface area contributed by atoms with Crippen LogP contribution in [0.5, 0.6) is 5.75 Å². The highest BCUT2D eigenvalue weighted by atomic mass is 28.3. The molecule has 1 aliphatic carbocycles. The van der Waals surface area contributed by atoms with Crippen LogP contribution in [-0.4, -0.2) is 14.7 Å². The molecule has 1 aromatic carbocycles. The number of allylic oxidation sites excluding steroid dienone is 4. The predicted molar refractivity (Wildman–Crippen MR) is 118 cm³/mol. The van der Waals surface area contributed by atoms with E-state index in [9.17, 15) is 0 Å². The van der Waals surface area contributed by atoms with E-state index < -0.39 is 8.07 Å². The van der Waals surface area contributed by atoms with Crippen LogP contribution in [0.3, 0.4) is 0 Å². The van der Waals surface area contributed by atoms with E-state index in [2.05, 4.69) is 91.6 Å². The Morgan fingerprint density at radius 1 is 1.08 bits per heavy atom. The molecule has 0 aromatic heterocycles. The van der Waals surface area contributed by atoms with Gasteiger partial charge in [-0.2, -0.15) is 0 Å². The summed E-state index contributed by atoms with van der Waals surface area (Å²) in [7, 11) is -1.82. The fourth-order valence-electron chi connectivity index (χ4n) is 3.46. The number of benzene rings is 1. The Labute approximate surface area is 161 Å². The first-order chi connectivity index (χ1) is 11.9. The third-order valence-corrected chi connectivity index (χ3v) is 9.05. The Bertz CT molecular complexity index is 737. The number of ether oxygens (including phenoxy) is 1. The second-order valence-corrected chi connectivity index (χ2v) is 14.4. The van der Waals surface area contributed by atoms with Crippen LogP contribution >= 0.6 is 0 Å². The highest BCUT2D eigenvalue weighted by Gasteiger charge is 2.36. The topological polar surface area (TPSA) is 9.23 Å². The van der Waals surface area contributed by atoms with Crippen molar-refractivity contribution in [3.8, 4) is 5.75 Å². The molecule has 0 aliphatic heterocycles. The first-order valence-corrected chi connectivity index (χ1v) is 12.7. The van der Waals surface area contributed by atoms with E-state index in [0.29, 0.717) is 6.61 Å². The fourth-order valence-corrected chi connectivity index (χ4v) is 6.24. The molecule has 0 bridgehead atoms. The third kappa shape index (κ3) is 4.23. The SMILES string of the molecule is C=CCOc1c(C(C)(C)C)cc(C(C)(C)C)cc1[Si](C)(C)C1=CC=CC1. The van der Waals surface area contributed by atoms with Crippen LogP contribution in [0.1, 0.15) is 59.1 Å². The number of hydrogen-bond acceptors (Lipinski definition) is 1. The molecular formula is C24H36OSi. The third-order valence-electron chi connectivity index (χ3n) is 5.36. The minimum Gasteiger partial charge on any atom is -0.489 e. The van der Waals surface area contributed by atoms with Gasteiger partial charge >= 0.3 is 0 Å². The van der Waals surface area contributed by atoms with Crippen LogP contribution in [0.2, 0.25) is 13.1 Å². The molecule has 26 heavy (non-hydrogen) atoms. The van der Waals surface area contributed by atoms with Gasteiger partial charge in [0.05, 0.1) is 0 Å². The number of hydrogen-bond donors (Lipinski definition) is 0. The van der Waals surface area contributed by atoms with Gasteiger partial charge in [-0.05, 0) is 33.6 Å². The van der Waals surface area contributed by atoms with E-state index in [1.165, 1.54) is 16.3 Å². The summed E-state index contributed by atoms with van der Waals surface area (Å²) < 4.78 is 6.33. The van der Waals surface area contributed by atoms with Crippen LogP contribution < -0.4 is 9.92 Å². The standard InChI is InChI=1S/C24H36OSi/c1-10-15-25-22-20(24(5,6)7)16-18(23(2,3)4)17-21(22)26(8,9)19-13-11-12-14-19/h10-13,16-17H,1,14-15H2,2-9H3. The van der Waals surface area contributed by atoms with Gasteiger partial charge in [0.25, 0.3) is 0 Å². The minimum atomic E-state index is -1.82. The largest absolute Gasteiger partial charge is 0.489 e. The van der Waals surface area contributed by atoms with E-state index in [1.807, 2.05) is 6.08 Å². The fraction of sp³-hybridized carbons (Fsp3) is 0.500. The molecule has 1 aromatic rings.